The summed E-state index contributed by atoms with van der Waals surface area (Å²) in [6.07, 6.45) is 2.71. The van der Waals surface area contributed by atoms with Gasteiger partial charge in [0.1, 0.15) is 5.94 Å². The average molecular weight is 265 g/mol. The fourth-order valence-corrected chi connectivity index (χ4v) is 2.58. The van der Waals surface area contributed by atoms with E-state index in [1.165, 1.54) is 17.8 Å². The highest BCUT2D eigenvalue weighted by molar-refractivity contribution is 8.03. The molecule has 1 aromatic carbocycles. The zero-order valence-corrected chi connectivity index (χ0v) is 10.5. The summed E-state index contributed by atoms with van der Waals surface area (Å²) in [7, 11) is 0. The standard InChI is InChI=1S/C13H9ClO2S/c14-10-2-5-11(6-3-10)17-12-4-1-9(8-15)13(16)7-12/h2-3,5-7H,1,4H2. The summed E-state index contributed by atoms with van der Waals surface area (Å²) in [5, 5.41) is 0.689. The van der Waals surface area contributed by atoms with Gasteiger partial charge in [0.25, 0.3) is 0 Å². The highest BCUT2D eigenvalue weighted by Crippen LogP contribution is 2.33. The minimum Gasteiger partial charge on any atom is -0.289 e. The molecule has 17 heavy (non-hydrogen) atoms. The topological polar surface area (TPSA) is 34.1 Å². The van der Waals surface area contributed by atoms with Crippen LogP contribution in [0.4, 0.5) is 0 Å². The van der Waals surface area contributed by atoms with Gasteiger partial charge in [-0.15, -0.1) is 0 Å². The van der Waals surface area contributed by atoms with Gasteiger partial charge in [-0.25, -0.2) is 4.79 Å². The molecular weight excluding hydrogens is 256 g/mol. The molecule has 0 aromatic heterocycles. The van der Waals surface area contributed by atoms with Gasteiger partial charge in [-0.2, -0.15) is 0 Å². The van der Waals surface area contributed by atoms with E-state index in [0.717, 1.165) is 9.80 Å². The maximum Gasteiger partial charge on any atom is 0.193 e. The number of ketones is 1. The molecular formula is C13H9ClO2S. The van der Waals surface area contributed by atoms with Crippen LogP contribution in [0.3, 0.4) is 0 Å². The third kappa shape index (κ3) is 3.10. The summed E-state index contributed by atoms with van der Waals surface area (Å²) in [5.74, 6) is 1.47. The quantitative estimate of drug-likeness (QED) is 0.606. The molecule has 0 unspecified atom stereocenters. The summed E-state index contributed by atoms with van der Waals surface area (Å²) < 4.78 is 0. The number of halogens is 1. The van der Waals surface area contributed by atoms with Crippen molar-refractivity contribution >= 4 is 35.1 Å². The second kappa shape index (κ2) is 5.37. The first-order valence-electron chi connectivity index (χ1n) is 5.11. The van der Waals surface area contributed by atoms with Gasteiger partial charge in [-0.05, 0) is 48.1 Å². The van der Waals surface area contributed by atoms with Crippen LogP contribution in [0.15, 0.2) is 45.7 Å². The molecule has 0 aliphatic heterocycles. The van der Waals surface area contributed by atoms with E-state index in [9.17, 15) is 9.59 Å². The summed E-state index contributed by atoms with van der Waals surface area (Å²) in [4.78, 5) is 23.9. The van der Waals surface area contributed by atoms with Gasteiger partial charge in [0.15, 0.2) is 5.78 Å². The summed E-state index contributed by atoms with van der Waals surface area (Å²) in [6.45, 7) is 0. The zero-order valence-electron chi connectivity index (χ0n) is 8.90. The second-order valence-corrected chi connectivity index (χ2v) is 5.25. The fraction of sp³-hybridized carbons (Fsp3) is 0.154. The van der Waals surface area contributed by atoms with E-state index in [4.69, 9.17) is 11.6 Å². The zero-order chi connectivity index (χ0) is 12.3. The highest BCUT2D eigenvalue weighted by Gasteiger charge is 2.17. The fourth-order valence-electron chi connectivity index (χ4n) is 1.51. The Kier molecular flexibility index (Phi) is 3.85. The molecule has 0 N–H and O–H groups in total. The Hall–Kier alpha value is -1.28. The molecule has 4 heteroatoms. The lowest BCUT2D eigenvalue weighted by atomic mass is 10.0. The van der Waals surface area contributed by atoms with E-state index < -0.39 is 0 Å². The van der Waals surface area contributed by atoms with Crippen LogP contribution >= 0.6 is 23.4 Å². The number of hydrogen-bond donors (Lipinski definition) is 0. The number of rotatable bonds is 2. The Morgan fingerprint density at radius 1 is 1.18 bits per heavy atom. The van der Waals surface area contributed by atoms with Gasteiger partial charge < -0.3 is 0 Å². The first kappa shape index (κ1) is 12.2. The lowest BCUT2D eigenvalue weighted by Crippen LogP contribution is -2.06. The van der Waals surface area contributed by atoms with Gasteiger partial charge in [-0.1, -0.05) is 23.4 Å². The second-order valence-electron chi connectivity index (χ2n) is 3.61. The largest absolute Gasteiger partial charge is 0.289 e. The molecule has 0 atom stereocenters. The lowest BCUT2D eigenvalue weighted by Gasteiger charge is -2.11. The lowest BCUT2D eigenvalue weighted by molar-refractivity contribution is -0.111. The number of allylic oxidation sites excluding steroid dienone is 3. The first-order chi connectivity index (χ1) is 8.19. The predicted molar refractivity (Wildman–Crippen MR) is 68.8 cm³/mol. The number of carbonyl (C=O) groups is 1. The van der Waals surface area contributed by atoms with Crippen molar-refractivity contribution in [3.05, 3.63) is 45.8 Å². The normalized spacial score (nSPS) is 15.5. The predicted octanol–water partition coefficient (Wildman–Crippen LogP) is 3.44. The smallest absolute Gasteiger partial charge is 0.193 e. The number of benzene rings is 1. The van der Waals surface area contributed by atoms with Crippen molar-refractivity contribution in [3.63, 3.8) is 0 Å². The van der Waals surface area contributed by atoms with Crippen molar-refractivity contribution < 1.29 is 9.59 Å². The number of hydrogen-bond acceptors (Lipinski definition) is 3. The maximum absolute atomic E-state index is 11.5. The van der Waals surface area contributed by atoms with Crippen LogP contribution in [0, 0.1) is 0 Å². The molecule has 1 aromatic rings. The summed E-state index contributed by atoms with van der Waals surface area (Å²) in [6, 6.07) is 7.44. The summed E-state index contributed by atoms with van der Waals surface area (Å²) >= 11 is 7.32. The SMILES string of the molecule is O=C=C1CCC(Sc2ccc(Cl)cc2)=CC1=O. The first-order valence-corrected chi connectivity index (χ1v) is 6.31. The van der Waals surface area contributed by atoms with Crippen LogP contribution in [-0.4, -0.2) is 11.7 Å². The van der Waals surface area contributed by atoms with Crippen molar-refractivity contribution in [1.82, 2.24) is 0 Å². The third-order valence-corrected chi connectivity index (χ3v) is 3.74. The molecule has 2 rings (SSSR count). The van der Waals surface area contributed by atoms with E-state index in [2.05, 4.69) is 0 Å². The van der Waals surface area contributed by atoms with Gasteiger partial charge in [0.2, 0.25) is 0 Å². The van der Waals surface area contributed by atoms with E-state index in [1.807, 2.05) is 24.3 Å². The molecule has 0 radical (unpaired) electrons. The van der Waals surface area contributed by atoms with E-state index in [1.54, 1.807) is 5.94 Å². The van der Waals surface area contributed by atoms with Crippen molar-refractivity contribution in [1.29, 1.82) is 0 Å². The number of carbonyl (C=O) groups excluding carboxylic acids is 2. The molecule has 1 aliphatic carbocycles. The molecule has 1 aliphatic rings. The van der Waals surface area contributed by atoms with Crippen molar-refractivity contribution in [3.8, 4) is 0 Å². The molecule has 0 fully saturated rings. The Morgan fingerprint density at radius 2 is 1.88 bits per heavy atom. The van der Waals surface area contributed by atoms with Crippen LogP contribution in [0.5, 0.6) is 0 Å². The summed E-state index contributed by atoms with van der Waals surface area (Å²) in [5.41, 5.74) is 0.241. The Labute approximate surface area is 108 Å². The molecule has 0 bridgehead atoms. The minimum absolute atomic E-state index is 0.220. The van der Waals surface area contributed by atoms with Gasteiger partial charge in [0, 0.05) is 9.92 Å². The molecule has 0 amide bonds. The van der Waals surface area contributed by atoms with Gasteiger partial charge >= 0.3 is 0 Å². The monoisotopic (exact) mass is 264 g/mol. The van der Waals surface area contributed by atoms with Crippen LogP contribution in [0.1, 0.15) is 12.8 Å². The molecule has 0 heterocycles. The molecule has 86 valence electrons. The van der Waals surface area contributed by atoms with Crippen molar-refractivity contribution in [2.24, 2.45) is 0 Å². The van der Waals surface area contributed by atoms with Crippen LogP contribution in [-0.2, 0) is 9.59 Å². The Balaban J connectivity index is 2.13. The van der Waals surface area contributed by atoms with E-state index in [0.29, 0.717) is 17.9 Å². The molecule has 2 nitrogen and oxygen atoms in total. The van der Waals surface area contributed by atoms with Crippen molar-refractivity contribution in [2.45, 2.75) is 17.7 Å². The Bertz CT molecular complexity index is 525. The van der Waals surface area contributed by atoms with Crippen LogP contribution < -0.4 is 0 Å². The van der Waals surface area contributed by atoms with Gasteiger partial charge in [0.05, 0.1) is 5.57 Å². The van der Waals surface area contributed by atoms with Crippen LogP contribution in [0.2, 0.25) is 5.02 Å². The van der Waals surface area contributed by atoms with Crippen LogP contribution in [0.25, 0.3) is 0 Å². The van der Waals surface area contributed by atoms with Crippen molar-refractivity contribution in [2.75, 3.05) is 0 Å². The minimum atomic E-state index is -0.220. The Morgan fingerprint density at radius 3 is 2.47 bits per heavy atom. The molecule has 0 saturated heterocycles. The van der Waals surface area contributed by atoms with Gasteiger partial charge in [-0.3, -0.25) is 4.79 Å². The third-order valence-electron chi connectivity index (χ3n) is 2.40. The van der Waals surface area contributed by atoms with E-state index >= 15 is 0 Å². The number of thioether (sulfide) groups is 1. The van der Waals surface area contributed by atoms with E-state index in [-0.39, 0.29) is 11.4 Å². The average Bonchev–Trinajstić information content (AvgIpc) is 2.32. The highest BCUT2D eigenvalue weighted by atomic mass is 35.5. The molecule has 0 saturated carbocycles. The maximum atomic E-state index is 11.5. The molecule has 0 spiro atoms.